The van der Waals surface area contributed by atoms with E-state index >= 15 is 0 Å². The van der Waals surface area contributed by atoms with Crippen molar-refractivity contribution in [3.05, 3.63) is 69.3 Å². The van der Waals surface area contributed by atoms with Crippen LogP contribution in [0, 0.1) is 24.0 Å². The van der Waals surface area contributed by atoms with Gasteiger partial charge in [-0.2, -0.15) is 0 Å². The van der Waals surface area contributed by atoms with Gasteiger partial charge in [0.2, 0.25) is 0 Å². The third-order valence-electron chi connectivity index (χ3n) is 3.53. The summed E-state index contributed by atoms with van der Waals surface area (Å²) in [5, 5.41) is 13.3. The Labute approximate surface area is 144 Å². The Morgan fingerprint density at radius 2 is 1.80 bits per heavy atom. The highest BCUT2D eigenvalue weighted by molar-refractivity contribution is 5.93. The van der Waals surface area contributed by atoms with Gasteiger partial charge in [-0.05, 0) is 31.0 Å². The number of nitro benzene ring substituents is 1. The SMILES string of the molecule is Cc1ccc(CC(=O)OCC(=O)Nc2ccc([N+](=O)[O-])cc2C)cc1. The highest BCUT2D eigenvalue weighted by Gasteiger charge is 2.12. The van der Waals surface area contributed by atoms with E-state index in [1.165, 1.54) is 18.2 Å². The molecule has 0 aliphatic rings. The number of nitrogens with one attached hydrogen (secondary N) is 1. The molecule has 0 aliphatic heterocycles. The van der Waals surface area contributed by atoms with Crippen LogP contribution in [0.5, 0.6) is 0 Å². The number of carbonyl (C=O) groups excluding carboxylic acids is 2. The molecule has 0 aliphatic carbocycles. The van der Waals surface area contributed by atoms with Gasteiger partial charge in [-0.1, -0.05) is 29.8 Å². The highest BCUT2D eigenvalue weighted by Crippen LogP contribution is 2.21. The van der Waals surface area contributed by atoms with Gasteiger partial charge in [0.1, 0.15) is 0 Å². The standard InChI is InChI=1S/C18H18N2O5/c1-12-3-5-14(6-4-12)10-18(22)25-11-17(21)19-16-8-7-15(20(23)24)9-13(16)2/h3-9H,10-11H2,1-2H3,(H,19,21). The molecule has 0 bridgehead atoms. The fourth-order valence-electron chi connectivity index (χ4n) is 2.16. The fourth-order valence-corrected chi connectivity index (χ4v) is 2.16. The molecule has 2 rings (SSSR count). The summed E-state index contributed by atoms with van der Waals surface area (Å²) in [6.07, 6.45) is 0.0874. The lowest BCUT2D eigenvalue weighted by atomic mass is 10.1. The Morgan fingerprint density at radius 1 is 1.12 bits per heavy atom. The number of carbonyl (C=O) groups is 2. The maximum Gasteiger partial charge on any atom is 0.310 e. The van der Waals surface area contributed by atoms with Crippen LogP contribution in [0.3, 0.4) is 0 Å². The third kappa shape index (κ3) is 5.42. The summed E-state index contributed by atoms with van der Waals surface area (Å²) < 4.78 is 4.95. The summed E-state index contributed by atoms with van der Waals surface area (Å²) in [6, 6.07) is 11.6. The van der Waals surface area contributed by atoms with E-state index in [4.69, 9.17) is 4.74 Å². The summed E-state index contributed by atoms with van der Waals surface area (Å²) in [7, 11) is 0. The van der Waals surface area contributed by atoms with Gasteiger partial charge in [-0.25, -0.2) is 0 Å². The molecule has 2 aromatic rings. The molecule has 25 heavy (non-hydrogen) atoms. The average Bonchev–Trinajstić information content (AvgIpc) is 2.57. The van der Waals surface area contributed by atoms with Crippen LogP contribution < -0.4 is 5.32 Å². The number of non-ortho nitro benzene ring substituents is 1. The number of aryl methyl sites for hydroxylation is 2. The number of hydrogen-bond donors (Lipinski definition) is 1. The van der Waals surface area contributed by atoms with E-state index in [0.29, 0.717) is 11.3 Å². The van der Waals surface area contributed by atoms with Gasteiger partial charge in [0, 0.05) is 17.8 Å². The number of anilines is 1. The van der Waals surface area contributed by atoms with E-state index in [-0.39, 0.29) is 12.1 Å². The molecule has 1 N–H and O–H groups in total. The quantitative estimate of drug-likeness (QED) is 0.494. The van der Waals surface area contributed by atoms with Gasteiger partial charge >= 0.3 is 5.97 Å². The Hall–Kier alpha value is -3.22. The van der Waals surface area contributed by atoms with E-state index in [2.05, 4.69) is 5.32 Å². The predicted molar refractivity (Wildman–Crippen MR) is 92.3 cm³/mol. The number of ether oxygens (including phenoxy) is 1. The van der Waals surface area contributed by atoms with Crippen LogP contribution in [0.4, 0.5) is 11.4 Å². The number of nitrogens with zero attached hydrogens (tertiary/aromatic N) is 1. The molecule has 130 valence electrons. The minimum Gasteiger partial charge on any atom is -0.455 e. The van der Waals surface area contributed by atoms with Crippen molar-refractivity contribution < 1.29 is 19.2 Å². The van der Waals surface area contributed by atoms with Crippen molar-refractivity contribution >= 4 is 23.3 Å². The minimum atomic E-state index is -0.508. The van der Waals surface area contributed by atoms with Crippen molar-refractivity contribution in [3.8, 4) is 0 Å². The van der Waals surface area contributed by atoms with E-state index in [0.717, 1.165) is 11.1 Å². The van der Waals surface area contributed by atoms with Crippen molar-refractivity contribution in [2.75, 3.05) is 11.9 Å². The molecule has 0 radical (unpaired) electrons. The highest BCUT2D eigenvalue weighted by atomic mass is 16.6. The second kappa shape index (κ2) is 8.05. The molecule has 0 saturated carbocycles. The molecule has 7 nitrogen and oxygen atoms in total. The fraction of sp³-hybridized carbons (Fsp3) is 0.222. The molecule has 0 fully saturated rings. The van der Waals surface area contributed by atoms with E-state index in [1.54, 1.807) is 6.92 Å². The van der Waals surface area contributed by atoms with Gasteiger partial charge in [-0.15, -0.1) is 0 Å². The number of benzene rings is 2. The van der Waals surface area contributed by atoms with E-state index in [9.17, 15) is 19.7 Å². The number of amides is 1. The Balaban J connectivity index is 1.85. The van der Waals surface area contributed by atoms with Crippen molar-refractivity contribution in [1.29, 1.82) is 0 Å². The molecule has 7 heteroatoms. The van der Waals surface area contributed by atoms with Gasteiger partial charge in [-0.3, -0.25) is 19.7 Å². The van der Waals surface area contributed by atoms with Crippen molar-refractivity contribution in [3.63, 3.8) is 0 Å². The molecular formula is C18H18N2O5. The summed E-state index contributed by atoms with van der Waals surface area (Å²) in [6.45, 7) is 3.18. The Kier molecular flexibility index (Phi) is 5.84. The molecule has 0 atom stereocenters. The van der Waals surface area contributed by atoms with Crippen LogP contribution in [0.25, 0.3) is 0 Å². The Morgan fingerprint density at radius 3 is 2.40 bits per heavy atom. The third-order valence-corrected chi connectivity index (χ3v) is 3.53. The largest absolute Gasteiger partial charge is 0.455 e. The molecule has 0 unspecified atom stereocenters. The first-order valence-electron chi connectivity index (χ1n) is 7.61. The van der Waals surface area contributed by atoms with Crippen LogP contribution in [-0.2, 0) is 20.7 Å². The van der Waals surface area contributed by atoms with E-state index < -0.39 is 23.4 Å². The van der Waals surface area contributed by atoms with Gasteiger partial charge in [0.05, 0.1) is 11.3 Å². The summed E-state index contributed by atoms with van der Waals surface area (Å²) >= 11 is 0. The first-order chi connectivity index (χ1) is 11.8. The first-order valence-corrected chi connectivity index (χ1v) is 7.61. The minimum absolute atomic E-state index is 0.0555. The van der Waals surface area contributed by atoms with Crippen LogP contribution in [0.2, 0.25) is 0 Å². The lowest BCUT2D eigenvalue weighted by Crippen LogP contribution is -2.22. The maximum absolute atomic E-state index is 11.9. The maximum atomic E-state index is 11.9. The van der Waals surface area contributed by atoms with Crippen LogP contribution in [0.1, 0.15) is 16.7 Å². The summed E-state index contributed by atoms with van der Waals surface area (Å²) in [4.78, 5) is 33.8. The normalized spacial score (nSPS) is 10.2. The number of nitro groups is 1. The first kappa shape index (κ1) is 18.1. The average molecular weight is 342 g/mol. The topological polar surface area (TPSA) is 98.5 Å². The Bertz CT molecular complexity index is 800. The zero-order chi connectivity index (χ0) is 18.4. The molecule has 0 saturated heterocycles. The van der Waals surface area contributed by atoms with E-state index in [1.807, 2.05) is 31.2 Å². The molecule has 2 aromatic carbocycles. The monoisotopic (exact) mass is 342 g/mol. The van der Waals surface area contributed by atoms with Gasteiger partial charge in [0.15, 0.2) is 6.61 Å². The lowest BCUT2D eigenvalue weighted by Gasteiger charge is -2.09. The van der Waals surface area contributed by atoms with Crippen molar-refractivity contribution in [2.24, 2.45) is 0 Å². The number of esters is 1. The summed E-state index contributed by atoms with van der Waals surface area (Å²) in [5.41, 5.74) is 2.83. The number of hydrogen-bond acceptors (Lipinski definition) is 5. The van der Waals surface area contributed by atoms with Gasteiger partial charge in [0.25, 0.3) is 11.6 Å². The number of rotatable bonds is 6. The lowest BCUT2D eigenvalue weighted by molar-refractivity contribution is -0.384. The molecule has 0 aromatic heterocycles. The van der Waals surface area contributed by atoms with Crippen LogP contribution >= 0.6 is 0 Å². The molecule has 0 spiro atoms. The van der Waals surface area contributed by atoms with Crippen LogP contribution in [0.15, 0.2) is 42.5 Å². The predicted octanol–water partition coefficient (Wildman–Crippen LogP) is 2.94. The molecule has 0 heterocycles. The van der Waals surface area contributed by atoms with Gasteiger partial charge < -0.3 is 10.1 Å². The van der Waals surface area contributed by atoms with Crippen LogP contribution in [-0.4, -0.2) is 23.4 Å². The second-order valence-corrected chi connectivity index (χ2v) is 5.63. The molecular weight excluding hydrogens is 324 g/mol. The summed E-state index contributed by atoms with van der Waals surface area (Å²) in [5.74, 6) is -1.01. The van der Waals surface area contributed by atoms with Crippen molar-refractivity contribution in [1.82, 2.24) is 0 Å². The second-order valence-electron chi connectivity index (χ2n) is 5.63. The van der Waals surface area contributed by atoms with Crippen molar-refractivity contribution in [2.45, 2.75) is 20.3 Å². The molecule has 1 amide bonds. The zero-order valence-electron chi connectivity index (χ0n) is 13.9. The zero-order valence-corrected chi connectivity index (χ0v) is 13.9. The smallest absolute Gasteiger partial charge is 0.310 e.